The molecule has 0 atom stereocenters. The predicted molar refractivity (Wildman–Crippen MR) is 86.7 cm³/mol. The first kappa shape index (κ1) is 13.2. The van der Waals surface area contributed by atoms with E-state index in [1.54, 1.807) is 0 Å². The molecule has 102 valence electrons. The Morgan fingerprint density at radius 1 is 1.20 bits per heavy atom. The molecule has 1 aromatic heterocycles. The summed E-state index contributed by atoms with van der Waals surface area (Å²) >= 11 is 3.46. The molecule has 2 aromatic carbocycles. The van der Waals surface area contributed by atoms with Crippen molar-refractivity contribution in [2.75, 3.05) is 5.73 Å². The Balaban J connectivity index is 1.89. The number of nitrogens with zero attached hydrogens (tertiary/aromatic N) is 2. The van der Waals surface area contributed by atoms with Crippen LogP contribution in [0.2, 0.25) is 0 Å². The van der Waals surface area contributed by atoms with Crippen LogP contribution in [0.1, 0.15) is 11.1 Å². The van der Waals surface area contributed by atoms with Gasteiger partial charge in [-0.1, -0.05) is 45.8 Å². The fourth-order valence-corrected chi connectivity index (χ4v) is 2.81. The molecule has 1 heterocycles. The lowest BCUT2D eigenvalue weighted by Crippen LogP contribution is -2.05. The summed E-state index contributed by atoms with van der Waals surface area (Å²) in [6, 6.07) is 14.6. The maximum absolute atomic E-state index is 6.03. The average Bonchev–Trinajstić information content (AvgIpc) is 2.71. The number of fused-ring (bicyclic) bond motifs is 1. The van der Waals surface area contributed by atoms with Gasteiger partial charge in [0.15, 0.2) is 0 Å². The van der Waals surface area contributed by atoms with Crippen LogP contribution >= 0.6 is 15.9 Å². The molecule has 0 aliphatic rings. The van der Waals surface area contributed by atoms with Gasteiger partial charge in [-0.2, -0.15) is 0 Å². The average molecular weight is 330 g/mol. The van der Waals surface area contributed by atoms with E-state index in [1.807, 2.05) is 12.1 Å². The molecule has 3 aromatic rings. The highest BCUT2D eigenvalue weighted by molar-refractivity contribution is 9.10. The zero-order chi connectivity index (χ0) is 14.1. The van der Waals surface area contributed by atoms with Crippen molar-refractivity contribution in [3.05, 3.63) is 58.1 Å². The molecule has 0 saturated heterocycles. The van der Waals surface area contributed by atoms with E-state index in [2.05, 4.69) is 62.7 Å². The molecule has 0 amide bonds. The van der Waals surface area contributed by atoms with E-state index < -0.39 is 0 Å². The highest BCUT2D eigenvalue weighted by Gasteiger charge is 2.08. The van der Waals surface area contributed by atoms with Gasteiger partial charge in [0.2, 0.25) is 5.95 Å². The minimum Gasteiger partial charge on any atom is -0.369 e. The van der Waals surface area contributed by atoms with Gasteiger partial charge in [0.05, 0.1) is 11.0 Å². The van der Waals surface area contributed by atoms with Crippen LogP contribution in [0, 0.1) is 6.92 Å². The Kier molecular flexibility index (Phi) is 3.49. The third kappa shape index (κ3) is 2.56. The molecule has 0 saturated carbocycles. The second-order valence-corrected chi connectivity index (χ2v) is 5.91. The van der Waals surface area contributed by atoms with Crippen molar-refractivity contribution in [1.29, 1.82) is 0 Å². The van der Waals surface area contributed by atoms with Gasteiger partial charge in [-0.15, -0.1) is 0 Å². The van der Waals surface area contributed by atoms with Crippen molar-refractivity contribution in [3.8, 4) is 0 Å². The van der Waals surface area contributed by atoms with Gasteiger partial charge in [-0.05, 0) is 37.1 Å². The fraction of sp³-hybridized carbons (Fsp3) is 0.188. The van der Waals surface area contributed by atoms with E-state index in [-0.39, 0.29) is 0 Å². The fourth-order valence-electron chi connectivity index (χ4n) is 2.47. The summed E-state index contributed by atoms with van der Waals surface area (Å²) in [5, 5.41) is 0. The molecule has 3 nitrogen and oxygen atoms in total. The van der Waals surface area contributed by atoms with Gasteiger partial charge >= 0.3 is 0 Å². The number of aromatic nitrogens is 2. The summed E-state index contributed by atoms with van der Waals surface area (Å²) in [5.74, 6) is 0.575. The van der Waals surface area contributed by atoms with Gasteiger partial charge in [0, 0.05) is 11.0 Å². The summed E-state index contributed by atoms with van der Waals surface area (Å²) in [4.78, 5) is 4.41. The van der Waals surface area contributed by atoms with E-state index in [9.17, 15) is 0 Å². The van der Waals surface area contributed by atoms with Crippen molar-refractivity contribution < 1.29 is 0 Å². The van der Waals surface area contributed by atoms with Crippen molar-refractivity contribution in [2.24, 2.45) is 0 Å². The first-order valence-corrected chi connectivity index (χ1v) is 7.39. The lowest BCUT2D eigenvalue weighted by Gasteiger charge is -2.07. The van der Waals surface area contributed by atoms with Crippen molar-refractivity contribution >= 4 is 32.9 Å². The molecule has 0 unspecified atom stereocenters. The van der Waals surface area contributed by atoms with Gasteiger partial charge in [0.25, 0.3) is 0 Å². The van der Waals surface area contributed by atoms with E-state index in [0.717, 1.165) is 28.5 Å². The Morgan fingerprint density at radius 2 is 2.05 bits per heavy atom. The van der Waals surface area contributed by atoms with Crippen LogP contribution in [0.15, 0.2) is 46.9 Å². The number of halogens is 1. The lowest BCUT2D eigenvalue weighted by molar-refractivity contribution is 0.725. The number of benzene rings is 2. The Labute approximate surface area is 126 Å². The summed E-state index contributed by atoms with van der Waals surface area (Å²) in [6.45, 7) is 2.95. The van der Waals surface area contributed by atoms with Crippen molar-refractivity contribution in [3.63, 3.8) is 0 Å². The number of anilines is 1. The minimum atomic E-state index is 0.575. The zero-order valence-corrected chi connectivity index (χ0v) is 12.9. The quantitative estimate of drug-likeness (QED) is 0.791. The largest absolute Gasteiger partial charge is 0.369 e. The number of rotatable bonds is 3. The second-order valence-electron chi connectivity index (χ2n) is 4.99. The number of nitrogens with two attached hydrogens (primary N) is 1. The molecule has 0 aliphatic heterocycles. The lowest BCUT2D eigenvalue weighted by atomic mass is 10.1. The molecule has 3 rings (SSSR count). The van der Waals surface area contributed by atoms with Crippen LogP contribution < -0.4 is 5.73 Å². The standard InChI is InChI=1S/C16H16BrN3/c1-11-3-2-4-12(9-11)7-8-20-15-6-5-13(17)10-14(15)19-16(20)18/h2-6,9-10H,7-8H2,1H3,(H2,18,19). The number of nitrogen functional groups attached to an aromatic ring is 1. The van der Waals surface area contributed by atoms with Crippen LogP contribution in [0.5, 0.6) is 0 Å². The molecule has 20 heavy (non-hydrogen) atoms. The Hall–Kier alpha value is -1.81. The van der Waals surface area contributed by atoms with Crippen molar-refractivity contribution in [1.82, 2.24) is 9.55 Å². The smallest absolute Gasteiger partial charge is 0.201 e. The van der Waals surface area contributed by atoms with Crippen LogP contribution in [0.3, 0.4) is 0 Å². The topological polar surface area (TPSA) is 43.8 Å². The molecule has 0 bridgehead atoms. The predicted octanol–water partition coefficient (Wildman–Crippen LogP) is 3.93. The normalized spacial score (nSPS) is 11.1. The number of imidazole rings is 1. The number of hydrogen-bond acceptors (Lipinski definition) is 2. The van der Waals surface area contributed by atoms with Crippen LogP contribution in [0.4, 0.5) is 5.95 Å². The molecule has 0 fully saturated rings. The second kappa shape index (κ2) is 5.29. The Morgan fingerprint density at radius 3 is 2.85 bits per heavy atom. The monoisotopic (exact) mass is 329 g/mol. The molecular weight excluding hydrogens is 314 g/mol. The van der Waals surface area contributed by atoms with Gasteiger partial charge in [0.1, 0.15) is 0 Å². The van der Waals surface area contributed by atoms with E-state index in [0.29, 0.717) is 5.95 Å². The molecular formula is C16H16BrN3. The maximum Gasteiger partial charge on any atom is 0.201 e. The van der Waals surface area contributed by atoms with Crippen molar-refractivity contribution in [2.45, 2.75) is 19.9 Å². The summed E-state index contributed by atoms with van der Waals surface area (Å²) in [6.07, 6.45) is 0.952. The van der Waals surface area contributed by atoms with Gasteiger partial charge < -0.3 is 10.3 Å². The van der Waals surface area contributed by atoms with Crippen LogP contribution in [-0.2, 0) is 13.0 Å². The summed E-state index contributed by atoms with van der Waals surface area (Å²) in [7, 11) is 0. The molecule has 0 radical (unpaired) electrons. The number of aryl methyl sites for hydroxylation is 3. The van der Waals surface area contributed by atoms with E-state index in [4.69, 9.17) is 5.73 Å². The zero-order valence-electron chi connectivity index (χ0n) is 11.3. The minimum absolute atomic E-state index is 0.575. The maximum atomic E-state index is 6.03. The highest BCUT2D eigenvalue weighted by Crippen LogP contribution is 2.22. The highest BCUT2D eigenvalue weighted by atomic mass is 79.9. The van der Waals surface area contributed by atoms with Crippen LogP contribution in [-0.4, -0.2) is 9.55 Å². The molecule has 0 spiro atoms. The molecule has 4 heteroatoms. The number of hydrogen-bond donors (Lipinski definition) is 1. The third-order valence-corrected chi connectivity index (χ3v) is 3.94. The first-order chi connectivity index (χ1) is 9.63. The van der Waals surface area contributed by atoms with E-state index in [1.165, 1.54) is 11.1 Å². The summed E-state index contributed by atoms with van der Waals surface area (Å²) < 4.78 is 3.10. The van der Waals surface area contributed by atoms with Gasteiger partial charge in [-0.25, -0.2) is 4.98 Å². The SMILES string of the molecule is Cc1cccc(CCn2c(N)nc3cc(Br)ccc32)c1. The van der Waals surface area contributed by atoms with E-state index >= 15 is 0 Å². The first-order valence-electron chi connectivity index (χ1n) is 6.60. The molecule has 0 aliphatic carbocycles. The third-order valence-electron chi connectivity index (χ3n) is 3.45. The van der Waals surface area contributed by atoms with Crippen LogP contribution in [0.25, 0.3) is 11.0 Å². The summed E-state index contributed by atoms with van der Waals surface area (Å²) in [5.41, 5.74) is 10.7. The Bertz CT molecular complexity index is 762. The molecule has 2 N–H and O–H groups in total. The van der Waals surface area contributed by atoms with Gasteiger partial charge in [-0.3, -0.25) is 0 Å².